The van der Waals surface area contributed by atoms with Crippen molar-refractivity contribution in [1.29, 1.82) is 0 Å². The van der Waals surface area contributed by atoms with Gasteiger partial charge in [-0.3, -0.25) is 4.90 Å². The molecule has 27 heavy (non-hydrogen) atoms. The number of fused-ring (bicyclic) bond motifs is 3. The van der Waals surface area contributed by atoms with Crippen LogP contribution in [0.2, 0.25) is 0 Å². The lowest BCUT2D eigenvalue weighted by Crippen LogP contribution is -2.53. The number of alkyl carbamates (subject to hydrolysis) is 1. The van der Waals surface area contributed by atoms with Crippen LogP contribution in [0.15, 0.2) is 54.6 Å². The molecular weight excluding hydrogens is 336 g/mol. The Labute approximate surface area is 161 Å². The molecule has 3 heterocycles. The van der Waals surface area contributed by atoms with Crippen molar-refractivity contribution in [3.8, 4) is 11.1 Å². The lowest BCUT2D eigenvalue weighted by atomic mass is 9.86. The summed E-state index contributed by atoms with van der Waals surface area (Å²) in [5.74, 6) is 0.522. The van der Waals surface area contributed by atoms with Crippen molar-refractivity contribution in [3.63, 3.8) is 0 Å². The van der Waals surface area contributed by atoms with E-state index in [1.54, 1.807) is 0 Å². The first-order valence-corrected chi connectivity index (χ1v) is 9.88. The predicted molar refractivity (Wildman–Crippen MR) is 107 cm³/mol. The van der Waals surface area contributed by atoms with E-state index in [1.807, 2.05) is 32.0 Å². The largest absolute Gasteiger partial charge is 0.445 e. The van der Waals surface area contributed by atoms with E-state index in [0.717, 1.165) is 38.0 Å². The number of hydrogen-bond acceptors (Lipinski definition) is 3. The van der Waals surface area contributed by atoms with Crippen LogP contribution in [0.1, 0.15) is 32.3 Å². The second-order valence-corrected chi connectivity index (χ2v) is 8.28. The van der Waals surface area contributed by atoms with Crippen molar-refractivity contribution in [1.82, 2.24) is 10.2 Å². The van der Waals surface area contributed by atoms with E-state index >= 15 is 0 Å². The zero-order valence-electron chi connectivity index (χ0n) is 16.2. The Morgan fingerprint density at radius 2 is 1.63 bits per heavy atom. The van der Waals surface area contributed by atoms with Crippen LogP contribution in [0.3, 0.4) is 0 Å². The number of rotatable bonds is 4. The molecule has 1 amide bonds. The fourth-order valence-corrected chi connectivity index (χ4v) is 4.25. The first-order chi connectivity index (χ1) is 13.0. The third kappa shape index (κ3) is 4.01. The van der Waals surface area contributed by atoms with Crippen LogP contribution in [0.4, 0.5) is 4.79 Å². The van der Waals surface area contributed by atoms with E-state index in [-0.39, 0.29) is 12.2 Å². The highest BCUT2D eigenvalue weighted by molar-refractivity contribution is 5.69. The Kier molecular flexibility index (Phi) is 4.92. The van der Waals surface area contributed by atoms with Crippen LogP contribution in [-0.2, 0) is 10.3 Å². The zero-order chi connectivity index (χ0) is 18.9. The van der Waals surface area contributed by atoms with Gasteiger partial charge in [-0.2, -0.15) is 0 Å². The van der Waals surface area contributed by atoms with Gasteiger partial charge in [-0.05, 0) is 62.4 Å². The summed E-state index contributed by atoms with van der Waals surface area (Å²) in [6.07, 6.45) is 2.00. The molecule has 2 aromatic rings. The second-order valence-electron chi connectivity index (χ2n) is 8.28. The Balaban J connectivity index is 1.39. The van der Waals surface area contributed by atoms with Gasteiger partial charge in [0.1, 0.15) is 6.10 Å². The molecule has 3 aliphatic rings. The molecule has 0 spiro atoms. The molecule has 0 saturated carbocycles. The third-order valence-corrected chi connectivity index (χ3v) is 5.98. The van der Waals surface area contributed by atoms with Gasteiger partial charge in [-0.25, -0.2) is 4.79 Å². The summed E-state index contributed by atoms with van der Waals surface area (Å²) in [5, 5.41) is 3.06. The van der Waals surface area contributed by atoms with E-state index in [2.05, 4.69) is 46.6 Å². The summed E-state index contributed by atoms with van der Waals surface area (Å²) >= 11 is 0. The van der Waals surface area contributed by atoms with Crippen molar-refractivity contribution in [2.75, 3.05) is 19.6 Å². The van der Waals surface area contributed by atoms with Crippen molar-refractivity contribution in [3.05, 3.63) is 60.2 Å². The van der Waals surface area contributed by atoms with Crippen LogP contribution in [0.25, 0.3) is 11.1 Å². The number of piperidine rings is 3. The molecule has 1 atom stereocenters. The maximum Gasteiger partial charge on any atom is 0.408 e. The standard InChI is InChI=1S/C23H28N2O2/c1-23(2,20-10-8-18(9-11-20)17-6-4-3-5-7-17)24-22(26)27-21-16-25-14-12-19(21)13-15-25/h3-11,19,21H,12-16H2,1-2H3,(H,24,26). The summed E-state index contributed by atoms with van der Waals surface area (Å²) < 4.78 is 5.78. The number of nitrogens with zero attached hydrogens (tertiary/aromatic N) is 1. The van der Waals surface area contributed by atoms with Gasteiger partial charge < -0.3 is 10.1 Å². The van der Waals surface area contributed by atoms with Crippen molar-refractivity contribution < 1.29 is 9.53 Å². The molecule has 5 rings (SSSR count). The van der Waals surface area contributed by atoms with E-state index < -0.39 is 5.54 Å². The van der Waals surface area contributed by atoms with E-state index in [4.69, 9.17) is 4.74 Å². The molecule has 0 radical (unpaired) electrons. The first-order valence-electron chi connectivity index (χ1n) is 9.88. The number of hydrogen-bond donors (Lipinski definition) is 1. The summed E-state index contributed by atoms with van der Waals surface area (Å²) in [4.78, 5) is 14.9. The maximum atomic E-state index is 12.5. The van der Waals surface area contributed by atoms with Crippen molar-refractivity contribution >= 4 is 6.09 Å². The molecule has 0 aliphatic carbocycles. The fraction of sp³-hybridized carbons (Fsp3) is 0.435. The highest BCUT2D eigenvalue weighted by atomic mass is 16.6. The van der Waals surface area contributed by atoms with Gasteiger partial charge in [0.05, 0.1) is 5.54 Å². The van der Waals surface area contributed by atoms with E-state index in [1.165, 1.54) is 11.1 Å². The van der Waals surface area contributed by atoms with Crippen LogP contribution in [-0.4, -0.2) is 36.7 Å². The summed E-state index contributed by atoms with van der Waals surface area (Å²) in [6.45, 7) is 7.20. The molecule has 2 bridgehead atoms. The Morgan fingerprint density at radius 1 is 1.00 bits per heavy atom. The van der Waals surface area contributed by atoms with Crippen LogP contribution < -0.4 is 5.32 Å². The minimum absolute atomic E-state index is 0.0313. The molecule has 1 unspecified atom stereocenters. The maximum absolute atomic E-state index is 12.5. The monoisotopic (exact) mass is 364 g/mol. The van der Waals surface area contributed by atoms with Crippen molar-refractivity contribution in [2.45, 2.75) is 38.3 Å². The molecular formula is C23H28N2O2. The number of nitrogens with one attached hydrogen (secondary N) is 1. The fourth-order valence-electron chi connectivity index (χ4n) is 4.25. The van der Waals surface area contributed by atoms with Gasteiger partial charge in [0, 0.05) is 6.54 Å². The molecule has 1 N–H and O–H groups in total. The van der Waals surface area contributed by atoms with Gasteiger partial charge >= 0.3 is 6.09 Å². The topological polar surface area (TPSA) is 41.6 Å². The van der Waals surface area contributed by atoms with Crippen LogP contribution in [0.5, 0.6) is 0 Å². The summed E-state index contributed by atoms with van der Waals surface area (Å²) in [5.41, 5.74) is 2.94. The average molecular weight is 364 g/mol. The van der Waals surface area contributed by atoms with Crippen LogP contribution >= 0.6 is 0 Å². The van der Waals surface area contributed by atoms with Gasteiger partial charge in [0.25, 0.3) is 0 Å². The quantitative estimate of drug-likeness (QED) is 0.874. The number of carbonyl (C=O) groups excluding carboxylic acids is 1. The highest BCUT2D eigenvalue weighted by Gasteiger charge is 2.37. The molecule has 3 saturated heterocycles. The normalized spacial score (nSPS) is 24.4. The highest BCUT2D eigenvalue weighted by Crippen LogP contribution is 2.30. The Morgan fingerprint density at radius 3 is 2.22 bits per heavy atom. The lowest BCUT2D eigenvalue weighted by Gasteiger charge is -2.44. The van der Waals surface area contributed by atoms with Gasteiger partial charge in [0.2, 0.25) is 0 Å². The number of ether oxygens (including phenoxy) is 1. The first kappa shape index (κ1) is 18.1. The number of carbonyl (C=O) groups is 1. The number of amides is 1. The minimum atomic E-state index is -0.486. The van der Waals surface area contributed by atoms with Gasteiger partial charge in [0.15, 0.2) is 0 Å². The predicted octanol–water partition coefficient (Wildman–Crippen LogP) is 4.41. The van der Waals surface area contributed by atoms with Gasteiger partial charge in [-0.15, -0.1) is 0 Å². The molecule has 0 aromatic heterocycles. The van der Waals surface area contributed by atoms with E-state index in [0.29, 0.717) is 5.92 Å². The SMILES string of the molecule is CC(C)(NC(=O)OC1CN2CCC1CC2)c1ccc(-c2ccccc2)cc1. The molecule has 4 heteroatoms. The lowest BCUT2D eigenvalue weighted by molar-refractivity contribution is -0.0349. The van der Waals surface area contributed by atoms with E-state index in [9.17, 15) is 4.79 Å². The molecule has 142 valence electrons. The van der Waals surface area contributed by atoms with Crippen LogP contribution in [0, 0.1) is 5.92 Å². The summed E-state index contributed by atoms with van der Waals surface area (Å²) in [6, 6.07) is 18.7. The number of benzene rings is 2. The third-order valence-electron chi connectivity index (χ3n) is 5.98. The smallest absolute Gasteiger partial charge is 0.408 e. The molecule has 3 aliphatic heterocycles. The molecule has 3 fully saturated rings. The van der Waals surface area contributed by atoms with Gasteiger partial charge in [-0.1, -0.05) is 54.6 Å². The Bertz CT molecular complexity index is 778. The molecule has 2 aromatic carbocycles. The second kappa shape index (κ2) is 7.35. The molecule has 4 nitrogen and oxygen atoms in total. The van der Waals surface area contributed by atoms with Crippen molar-refractivity contribution in [2.24, 2.45) is 5.92 Å². The summed E-state index contributed by atoms with van der Waals surface area (Å²) in [7, 11) is 0. The average Bonchev–Trinajstić information content (AvgIpc) is 2.69. The Hall–Kier alpha value is -2.33. The minimum Gasteiger partial charge on any atom is -0.445 e. The zero-order valence-corrected chi connectivity index (χ0v) is 16.2.